The van der Waals surface area contributed by atoms with Gasteiger partial charge in [0, 0.05) is 34.3 Å². The van der Waals surface area contributed by atoms with E-state index in [0.29, 0.717) is 0 Å². The Morgan fingerprint density at radius 2 is 0.702 bits per heavy atom. The van der Waals surface area contributed by atoms with Gasteiger partial charge in [0.15, 0.2) is 0 Å². The summed E-state index contributed by atoms with van der Waals surface area (Å²) < 4.78 is 0. The molecule has 0 aromatic heterocycles. The summed E-state index contributed by atoms with van der Waals surface area (Å²) in [5, 5.41) is 0. The molecule has 6 aromatic rings. The van der Waals surface area contributed by atoms with Crippen molar-refractivity contribution in [2.45, 2.75) is 55.0 Å². The minimum Gasteiger partial charge on any atom is -0.133 e. The zero-order valence-corrected chi connectivity index (χ0v) is 29.2. The van der Waals surface area contributed by atoms with E-state index in [2.05, 4.69) is 208 Å². The lowest BCUT2D eigenvalue weighted by Gasteiger charge is -2.44. The molecule has 0 aliphatic carbocycles. The van der Waals surface area contributed by atoms with Gasteiger partial charge in [0.05, 0.1) is 0 Å². The first kappa shape index (κ1) is 33.6. The van der Waals surface area contributed by atoms with Crippen molar-refractivity contribution in [2.75, 3.05) is 0 Å². The monoisotopic (exact) mass is 648 g/mol. The molecule has 0 N–H and O–H groups in total. The summed E-state index contributed by atoms with van der Waals surface area (Å²) in [6.45, 7) is 10.1. The molecule has 0 aliphatic heterocycles. The molecule has 0 radical (unpaired) electrons. The smallest absolute Gasteiger partial charge is 0.00237 e. The van der Waals surface area contributed by atoms with E-state index in [1.54, 1.807) is 0 Å². The third kappa shape index (κ3) is 6.45. The van der Waals surface area contributed by atoms with Crippen molar-refractivity contribution < 1.29 is 0 Å². The van der Waals surface area contributed by atoms with Crippen LogP contribution in [-0.4, -0.2) is 0 Å². The molecular weight excluding hydrogens is 605 g/mol. The van der Waals surface area contributed by atoms with Crippen LogP contribution in [0.3, 0.4) is 0 Å². The first-order valence-corrected chi connectivity index (χ1v) is 19.5. The summed E-state index contributed by atoms with van der Waals surface area (Å²) in [5.41, 5.74) is 0. The molecule has 47 heavy (non-hydrogen) atoms. The third-order valence-corrected chi connectivity index (χ3v) is 16.0. The predicted molar refractivity (Wildman–Crippen MR) is 206 cm³/mol. The minimum absolute atomic E-state index is 1.28. The van der Waals surface area contributed by atoms with Crippen LogP contribution < -0.4 is 0 Å². The van der Waals surface area contributed by atoms with E-state index in [0.717, 1.165) is 0 Å². The highest BCUT2D eigenvalue weighted by Gasteiger charge is 2.36. The summed E-state index contributed by atoms with van der Waals surface area (Å²) in [6, 6.07) is 64.7. The Morgan fingerprint density at radius 1 is 0.426 bits per heavy atom. The van der Waals surface area contributed by atoms with Crippen molar-refractivity contribution >= 4 is 20.1 Å². The average Bonchev–Trinajstić information content (AvgIpc) is 3.17. The summed E-state index contributed by atoms with van der Waals surface area (Å²) >= 11 is 0. The Hall–Kier alpha value is -4.76. The van der Waals surface area contributed by atoms with Crippen LogP contribution in [0.15, 0.2) is 246 Å². The molecule has 0 saturated carbocycles. The molecule has 6 aromatic carbocycles. The predicted octanol–water partition coefficient (Wildman–Crippen LogP) is 14.0. The molecule has 0 heterocycles. The summed E-state index contributed by atoms with van der Waals surface area (Å²) in [4.78, 5) is 10.5. The van der Waals surface area contributed by atoms with Gasteiger partial charge in [0.1, 0.15) is 0 Å². The van der Waals surface area contributed by atoms with E-state index >= 15 is 0 Å². The molecular formula is C45H44S2. The topological polar surface area (TPSA) is 0 Å². The van der Waals surface area contributed by atoms with E-state index in [1.807, 2.05) is 19.9 Å². The first-order chi connectivity index (χ1) is 23.3. The van der Waals surface area contributed by atoms with Gasteiger partial charge in [-0.3, -0.25) is 0 Å². The van der Waals surface area contributed by atoms with Gasteiger partial charge in [-0.15, -0.1) is 20.1 Å². The van der Waals surface area contributed by atoms with Gasteiger partial charge in [-0.2, -0.15) is 0 Å². The third-order valence-electron chi connectivity index (χ3n) is 8.05. The lowest BCUT2D eigenvalue weighted by Crippen LogP contribution is -2.08. The van der Waals surface area contributed by atoms with Gasteiger partial charge in [-0.25, -0.2) is 0 Å². The minimum atomic E-state index is -1.82. The Kier molecular flexibility index (Phi) is 11.6. The molecule has 6 rings (SSSR count). The molecule has 0 fully saturated rings. The number of allylic oxidation sites excluding steroid dienone is 4. The molecule has 0 bridgehead atoms. The Bertz CT molecular complexity index is 1740. The standard InChI is InChI=1S/C43H38S2.C2H6/c1-3-5-21-36(4-2)44(37-22-11-6-12-23-37,38-24-13-7-14-25-38)42-32-34-43(35-33-42)45(39-26-15-8-16-27-39,40-28-17-9-18-29-40)41-30-19-10-20-31-41;1-2/h3-35H,1H2,2H3;1-2H3/b21-5-,36-4+;. The average molecular weight is 649 g/mol. The molecule has 0 amide bonds. The van der Waals surface area contributed by atoms with Crippen LogP contribution in [0.5, 0.6) is 0 Å². The fourth-order valence-electron chi connectivity index (χ4n) is 6.14. The number of benzene rings is 6. The van der Waals surface area contributed by atoms with Gasteiger partial charge >= 0.3 is 0 Å². The van der Waals surface area contributed by atoms with E-state index in [4.69, 9.17) is 0 Å². The fraction of sp³-hybridized carbons (Fsp3) is 0.0667. The molecule has 0 spiro atoms. The van der Waals surface area contributed by atoms with Crippen LogP contribution in [0.25, 0.3) is 0 Å². The van der Waals surface area contributed by atoms with Crippen LogP contribution in [0, 0.1) is 0 Å². The summed E-state index contributed by atoms with van der Waals surface area (Å²) in [7, 11) is -3.59. The van der Waals surface area contributed by atoms with Crippen molar-refractivity contribution in [1.29, 1.82) is 0 Å². The molecule has 0 saturated heterocycles. The van der Waals surface area contributed by atoms with Crippen LogP contribution >= 0.6 is 20.1 Å². The first-order valence-electron chi connectivity index (χ1n) is 16.2. The van der Waals surface area contributed by atoms with E-state index in [-0.39, 0.29) is 0 Å². The highest BCUT2D eigenvalue weighted by Crippen LogP contribution is 2.76. The summed E-state index contributed by atoms with van der Waals surface area (Å²) in [6.07, 6.45) is 8.44. The van der Waals surface area contributed by atoms with Crippen LogP contribution in [0.2, 0.25) is 0 Å². The van der Waals surface area contributed by atoms with E-state index in [9.17, 15) is 0 Å². The second-order valence-electron chi connectivity index (χ2n) is 10.5. The second kappa shape index (κ2) is 16.2. The van der Waals surface area contributed by atoms with E-state index < -0.39 is 20.1 Å². The largest absolute Gasteiger partial charge is 0.133 e. The SMILES string of the molecule is C=C/C=C\C(=C/C)S(c1ccccc1)(c1ccccc1)c1ccc(S(c2ccccc2)(c2ccccc2)c2ccccc2)cc1.CC. The van der Waals surface area contributed by atoms with E-state index in [1.165, 1.54) is 39.2 Å². The molecule has 2 heteroatoms. The maximum absolute atomic E-state index is 3.99. The van der Waals surface area contributed by atoms with Crippen molar-refractivity contribution in [3.8, 4) is 0 Å². The van der Waals surface area contributed by atoms with Crippen molar-refractivity contribution in [1.82, 2.24) is 0 Å². The molecule has 0 atom stereocenters. The zero-order valence-electron chi connectivity index (χ0n) is 27.6. The van der Waals surface area contributed by atoms with Gasteiger partial charge in [-0.1, -0.05) is 130 Å². The van der Waals surface area contributed by atoms with Gasteiger partial charge in [-0.05, 0) is 103 Å². The Balaban J connectivity index is 0.00000213. The lowest BCUT2D eigenvalue weighted by molar-refractivity contribution is 1.21. The maximum Gasteiger partial charge on any atom is 0.00237 e. The molecule has 0 nitrogen and oxygen atoms in total. The number of rotatable bonds is 10. The zero-order chi connectivity index (χ0) is 33.0. The van der Waals surface area contributed by atoms with Crippen molar-refractivity contribution in [2.24, 2.45) is 0 Å². The quantitative estimate of drug-likeness (QED) is 0.130. The summed E-state index contributed by atoms with van der Waals surface area (Å²) in [5.74, 6) is 0. The number of hydrogen-bond acceptors (Lipinski definition) is 0. The van der Waals surface area contributed by atoms with Crippen LogP contribution in [0.4, 0.5) is 0 Å². The normalized spacial score (nSPS) is 12.5. The van der Waals surface area contributed by atoms with Crippen molar-refractivity contribution in [3.63, 3.8) is 0 Å². The molecule has 236 valence electrons. The molecule has 0 aliphatic rings. The van der Waals surface area contributed by atoms with Gasteiger partial charge in [0.2, 0.25) is 0 Å². The highest BCUT2D eigenvalue weighted by atomic mass is 32.3. The fourth-order valence-corrected chi connectivity index (χ4v) is 14.0. The number of hydrogen-bond donors (Lipinski definition) is 0. The van der Waals surface area contributed by atoms with Crippen LogP contribution in [-0.2, 0) is 0 Å². The van der Waals surface area contributed by atoms with Gasteiger partial charge in [0.25, 0.3) is 0 Å². The Morgan fingerprint density at radius 3 is 1.02 bits per heavy atom. The second-order valence-corrected chi connectivity index (χ2v) is 16.8. The van der Waals surface area contributed by atoms with Crippen molar-refractivity contribution in [3.05, 3.63) is 212 Å². The van der Waals surface area contributed by atoms with Crippen LogP contribution in [0.1, 0.15) is 20.8 Å². The van der Waals surface area contributed by atoms with Gasteiger partial charge < -0.3 is 0 Å². The lowest BCUT2D eigenvalue weighted by atomic mass is 10.3. The maximum atomic E-state index is 3.99. The molecule has 0 unspecified atom stereocenters. The Labute approximate surface area is 285 Å². The highest BCUT2D eigenvalue weighted by molar-refractivity contribution is 8.37.